The number of nitrogens with one attached hydrogen (secondary N) is 1. The maximum atomic E-state index is 5.98. The van der Waals surface area contributed by atoms with Gasteiger partial charge < -0.3 is 16.8 Å². The molecule has 0 aliphatic carbocycles. The van der Waals surface area contributed by atoms with Crippen LogP contribution in [0.4, 0.5) is 17.5 Å². The first-order valence-electron chi connectivity index (χ1n) is 6.40. The second kappa shape index (κ2) is 5.82. The Hall–Kier alpha value is -2.31. The lowest BCUT2D eigenvalue weighted by Gasteiger charge is -2.08. The maximum absolute atomic E-state index is 5.98. The number of benzene rings is 1. The molecule has 0 saturated carbocycles. The van der Waals surface area contributed by atoms with Crippen molar-refractivity contribution >= 4 is 51.7 Å². The van der Waals surface area contributed by atoms with E-state index >= 15 is 0 Å². The topological polar surface area (TPSA) is 103 Å². The SMILES string of the molecule is Nc1nc(N)c2nc(CNc3ccc(Cl)c(Cl)c3)ccc2n1. The molecule has 0 atom stereocenters. The molecule has 5 N–H and O–H groups in total. The van der Waals surface area contributed by atoms with Crippen molar-refractivity contribution in [2.24, 2.45) is 0 Å². The molecule has 2 heterocycles. The number of fused-ring (bicyclic) bond motifs is 1. The minimum Gasteiger partial charge on any atom is -0.382 e. The predicted octanol–water partition coefficient (Wildman–Crippen LogP) is 3.11. The van der Waals surface area contributed by atoms with E-state index in [-0.39, 0.29) is 11.8 Å². The number of nitrogens with two attached hydrogens (primary N) is 2. The first kappa shape index (κ1) is 14.6. The fourth-order valence-electron chi connectivity index (χ4n) is 1.99. The number of nitrogen functional groups attached to an aromatic ring is 2. The van der Waals surface area contributed by atoms with Crippen molar-refractivity contribution in [3.8, 4) is 0 Å². The lowest BCUT2D eigenvalue weighted by molar-refractivity contribution is 1.06. The van der Waals surface area contributed by atoms with Crippen LogP contribution in [-0.4, -0.2) is 15.0 Å². The summed E-state index contributed by atoms with van der Waals surface area (Å²) in [4.78, 5) is 12.4. The largest absolute Gasteiger partial charge is 0.382 e. The van der Waals surface area contributed by atoms with E-state index < -0.39 is 0 Å². The minimum atomic E-state index is 0.133. The summed E-state index contributed by atoms with van der Waals surface area (Å²) in [7, 11) is 0. The van der Waals surface area contributed by atoms with Crippen molar-refractivity contribution in [1.82, 2.24) is 15.0 Å². The van der Waals surface area contributed by atoms with Crippen molar-refractivity contribution in [3.05, 3.63) is 46.1 Å². The highest BCUT2D eigenvalue weighted by Crippen LogP contribution is 2.25. The Labute approximate surface area is 136 Å². The van der Waals surface area contributed by atoms with Crippen molar-refractivity contribution in [2.45, 2.75) is 6.54 Å². The molecule has 0 saturated heterocycles. The van der Waals surface area contributed by atoms with Crippen LogP contribution in [0.3, 0.4) is 0 Å². The maximum Gasteiger partial charge on any atom is 0.222 e. The van der Waals surface area contributed by atoms with E-state index in [9.17, 15) is 0 Å². The standard InChI is InChI=1S/C14H12Cl2N6/c15-9-3-1-7(5-10(9)16)19-6-8-2-4-11-12(20-8)13(17)22-14(18)21-11/h1-5,19H,6H2,(H4,17,18,21,22). The van der Waals surface area contributed by atoms with Gasteiger partial charge in [-0.05, 0) is 30.3 Å². The molecule has 0 unspecified atom stereocenters. The average molecular weight is 335 g/mol. The van der Waals surface area contributed by atoms with Crippen LogP contribution in [0.25, 0.3) is 11.0 Å². The van der Waals surface area contributed by atoms with E-state index in [0.29, 0.717) is 27.6 Å². The third kappa shape index (κ3) is 2.98. The number of rotatable bonds is 3. The van der Waals surface area contributed by atoms with Crippen molar-refractivity contribution in [2.75, 3.05) is 16.8 Å². The number of aromatic nitrogens is 3. The number of halogens is 2. The van der Waals surface area contributed by atoms with Crippen LogP contribution in [0.2, 0.25) is 10.0 Å². The van der Waals surface area contributed by atoms with E-state index in [4.69, 9.17) is 34.7 Å². The van der Waals surface area contributed by atoms with Gasteiger partial charge in [-0.15, -0.1) is 0 Å². The van der Waals surface area contributed by atoms with E-state index in [1.807, 2.05) is 18.2 Å². The van der Waals surface area contributed by atoms with Crippen molar-refractivity contribution in [3.63, 3.8) is 0 Å². The summed E-state index contributed by atoms with van der Waals surface area (Å²) in [5, 5.41) is 4.22. The summed E-state index contributed by atoms with van der Waals surface area (Å²) in [6, 6.07) is 8.98. The van der Waals surface area contributed by atoms with Gasteiger partial charge in [0.1, 0.15) is 5.52 Å². The molecule has 0 fully saturated rings. The Bertz CT molecular complexity index is 852. The van der Waals surface area contributed by atoms with Gasteiger partial charge in [0.25, 0.3) is 0 Å². The van der Waals surface area contributed by atoms with E-state index in [1.165, 1.54) is 0 Å². The molecule has 22 heavy (non-hydrogen) atoms. The molecule has 1 aromatic carbocycles. The zero-order valence-corrected chi connectivity index (χ0v) is 12.9. The van der Waals surface area contributed by atoms with Crippen molar-refractivity contribution < 1.29 is 0 Å². The second-order valence-corrected chi connectivity index (χ2v) is 5.43. The summed E-state index contributed by atoms with van der Waals surface area (Å²) >= 11 is 11.9. The van der Waals surface area contributed by atoms with Gasteiger partial charge in [-0.2, -0.15) is 4.98 Å². The second-order valence-electron chi connectivity index (χ2n) is 4.62. The lowest BCUT2D eigenvalue weighted by Crippen LogP contribution is -2.05. The Morgan fingerprint density at radius 2 is 1.77 bits per heavy atom. The van der Waals surface area contributed by atoms with E-state index in [0.717, 1.165) is 11.4 Å². The molecule has 3 aromatic rings. The first-order chi connectivity index (χ1) is 10.5. The fourth-order valence-corrected chi connectivity index (χ4v) is 2.29. The van der Waals surface area contributed by atoms with Gasteiger partial charge in [0.15, 0.2) is 5.82 Å². The summed E-state index contributed by atoms with van der Waals surface area (Å²) < 4.78 is 0. The summed E-state index contributed by atoms with van der Waals surface area (Å²) in [6.07, 6.45) is 0. The van der Waals surface area contributed by atoms with Gasteiger partial charge in [-0.25, -0.2) is 9.97 Å². The van der Waals surface area contributed by atoms with E-state index in [2.05, 4.69) is 20.3 Å². The number of nitrogens with zero attached hydrogens (tertiary/aromatic N) is 3. The zero-order valence-electron chi connectivity index (χ0n) is 11.3. The zero-order chi connectivity index (χ0) is 15.7. The van der Waals surface area contributed by atoms with Crippen LogP contribution in [0, 0.1) is 0 Å². The highest BCUT2D eigenvalue weighted by Gasteiger charge is 2.06. The lowest BCUT2D eigenvalue weighted by atomic mass is 10.2. The molecule has 3 rings (SSSR count). The van der Waals surface area contributed by atoms with Gasteiger partial charge in [0.05, 0.1) is 27.8 Å². The molecule has 112 valence electrons. The predicted molar refractivity (Wildman–Crippen MR) is 89.9 cm³/mol. The molecular weight excluding hydrogens is 323 g/mol. The quantitative estimate of drug-likeness (QED) is 0.680. The molecule has 0 amide bonds. The highest BCUT2D eigenvalue weighted by molar-refractivity contribution is 6.42. The van der Waals surface area contributed by atoms with E-state index in [1.54, 1.807) is 12.1 Å². The summed E-state index contributed by atoms with van der Waals surface area (Å²) in [5.41, 5.74) is 14.2. The molecule has 0 aliphatic heterocycles. The third-order valence-corrected chi connectivity index (χ3v) is 3.78. The van der Waals surface area contributed by atoms with Gasteiger partial charge in [0.2, 0.25) is 5.95 Å². The summed E-state index contributed by atoms with van der Waals surface area (Å²) in [5.74, 6) is 0.396. The van der Waals surface area contributed by atoms with Gasteiger partial charge in [-0.3, -0.25) is 0 Å². The Morgan fingerprint density at radius 3 is 2.55 bits per heavy atom. The van der Waals surface area contributed by atoms with Crippen LogP contribution in [0.5, 0.6) is 0 Å². The molecule has 0 spiro atoms. The monoisotopic (exact) mass is 334 g/mol. The van der Waals surface area contributed by atoms with Crippen molar-refractivity contribution in [1.29, 1.82) is 0 Å². The van der Waals surface area contributed by atoms with Gasteiger partial charge >= 0.3 is 0 Å². The molecular formula is C14H12Cl2N6. The van der Waals surface area contributed by atoms with Crippen LogP contribution in [0.15, 0.2) is 30.3 Å². The number of anilines is 3. The molecule has 8 heteroatoms. The van der Waals surface area contributed by atoms with Crippen LogP contribution >= 0.6 is 23.2 Å². The first-order valence-corrected chi connectivity index (χ1v) is 7.16. The minimum absolute atomic E-state index is 0.133. The molecule has 0 aliphatic rings. The molecule has 2 aromatic heterocycles. The number of hydrogen-bond donors (Lipinski definition) is 3. The normalized spacial score (nSPS) is 10.8. The van der Waals surface area contributed by atoms with Crippen LogP contribution in [-0.2, 0) is 6.54 Å². The molecule has 0 bridgehead atoms. The Balaban J connectivity index is 1.83. The van der Waals surface area contributed by atoms with Crippen LogP contribution in [0.1, 0.15) is 5.69 Å². The third-order valence-electron chi connectivity index (χ3n) is 3.04. The van der Waals surface area contributed by atoms with Crippen LogP contribution < -0.4 is 16.8 Å². The Kier molecular flexibility index (Phi) is 3.87. The fraction of sp³-hybridized carbons (Fsp3) is 0.0714. The Morgan fingerprint density at radius 1 is 0.955 bits per heavy atom. The molecule has 6 nitrogen and oxygen atoms in total. The number of pyridine rings is 1. The number of hydrogen-bond acceptors (Lipinski definition) is 6. The molecule has 0 radical (unpaired) electrons. The van der Waals surface area contributed by atoms with Gasteiger partial charge in [-0.1, -0.05) is 23.2 Å². The van der Waals surface area contributed by atoms with Gasteiger partial charge in [0, 0.05) is 5.69 Å². The smallest absolute Gasteiger partial charge is 0.222 e. The summed E-state index contributed by atoms with van der Waals surface area (Å²) in [6.45, 7) is 0.498. The highest BCUT2D eigenvalue weighted by atomic mass is 35.5. The average Bonchev–Trinajstić information content (AvgIpc) is 2.48.